The van der Waals surface area contributed by atoms with E-state index in [-0.39, 0.29) is 6.42 Å². The first-order valence-corrected chi connectivity index (χ1v) is 12.7. The second kappa shape index (κ2) is 10.8. The number of carbonyl (C=O) groups excluding carboxylic acids is 2. The lowest BCUT2D eigenvalue weighted by atomic mass is 10.0. The van der Waals surface area contributed by atoms with Crippen LogP contribution in [-0.2, 0) is 31.0 Å². The summed E-state index contributed by atoms with van der Waals surface area (Å²) in [5.74, 6) is -1.56. The number of ketones is 1. The van der Waals surface area contributed by atoms with Gasteiger partial charge in [-0.15, -0.1) is 0 Å². The number of hydrogen-bond acceptors (Lipinski definition) is 7. The lowest BCUT2D eigenvalue weighted by Gasteiger charge is -2.23. The number of aromatic nitrogens is 2. The lowest BCUT2D eigenvalue weighted by Crippen LogP contribution is -2.54. The minimum Gasteiger partial charge on any atom is -0.496 e. The molecule has 3 aromatic rings. The molecule has 37 heavy (non-hydrogen) atoms. The molecule has 0 radical (unpaired) electrons. The average Bonchev–Trinajstić information content (AvgIpc) is 3.31. The van der Waals surface area contributed by atoms with Gasteiger partial charge in [0.1, 0.15) is 18.1 Å². The molecule has 0 aliphatic rings. The third-order valence-corrected chi connectivity index (χ3v) is 7.51. The van der Waals surface area contributed by atoms with E-state index in [1.165, 1.54) is 24.8 Å². The number of sulfonamides is 1. The Balaban J connectivity index is 1.96. The summed E-state index contributed by atoms with van der Waals surface area (Å²) in [7, 11) is -3.07. The molecule has 12 heteroatoms. The predicted octanol–water partition coefficient (Wildman–Crippen LogP) is 3.86. The van der Waals surface area contributed by atoms with Crippen molar-refractivity contribution in [2.45, 2.75) is 45.0 Å². The van der Waals surface area contributed by atoms with Crippen molar-refractivity contribution in [3.8, 4) is 22.7 Å². The lowest BCUT2D eigenvalue weighted by molar-refractivity contribution is -0.150. The maximum Gasteiger partial charge on any atom is 0.336 e. The van der Waals surface area contributed by atoms with Gasteiger partial charge >= 0.3 is 5.97 Å². The van der Waals surface area contributed by atoms with Crippen molar-refractivity contribution in [1.82, 2.24) is 9.78 Å². The van der Waals surface area contributed by atoms with Gasteiger partial charge in [-0.3, -0.25) is 4.79 Å². The monoisotopic (exact) mass is 535 g/mol. The number of nitrogens with zero attached hydrogens (tertiary/aromatic N) is 2. The Kier molecular flexibility index (Phi) is 8.13. The Hall–Kier alpha value is -3.64. The zero-order chi connectivity index (χ0) is 27.5. The summed E-state index contributed by atoms with van der Waals surface area (Å²) in [6, 6.07) is 12.9. The molecule has 0 fully saturated rings. The molecule has 198 valence electrons. The highest BCUT2D eigenvalue weighted by molar-refractivity contribution is 7.92. The highest BCUT2D eigenvalue weighted by Crippen LogP contribution is 2.31. The van der Waals surface area contributed by atoms with Crippen molar-refractivity contribution in [3.05, 3.63) is 65.4 Å². The zero-order valence-electron chi connectivity index (χ0n) is 20.7. The van der Waals surface area contributed by atoms with Gasteiger partial charge in [-0.05, 0) is 61.4 Å². The summed E-state index contributed by atoms with van der Waals surface area (Å²) in [4.78, 5) is 24.9. The number of nitrogens with two attached hydrogens (primary N) is 1. The van der Waals surface area contributed by atoms with Gasteiger partial charge in [0.05, 0.1) is 18.5 Å². The molecule has 0 bridgehead atoms. The number of alkyl halides is 2. The number of halogens is 2. The Morgan fingerprint density at radius 3 is 2.43 bits per heavy atom. The first-order valence-electron chi connectivity index (χ1n) is 11.2. The molecule has 0 amide bonds. The zero-order valence-corrected chi connectivity index (χ0v) is 21.5. The second-order valence-electron chi connectivity index (χ2n) is 8.45. The van der Waals surface area contributed by atoms with Gasteiger partial charge in [0.2, 0.25) is 14.8 Å². The van der Waals surface area contributed by atoms with Crippen LogP contribution in [0.5, 0.6) is 5.75 Å². The number of carbonyl (C=O) groups is 2. The summed E-state index contributed by atoms with van der Waals surface area (Å²) in [5, 5.41) is 9.22. The third-order valence-electron chi connectivity index (χ3n) is 5.98. The maximum atomic E-state index is 13.5. The van der Waals surface area contributed by atoms with Crippen LogP contribution in [0.25, 0.3) is 16.9 Å². The molecule has 3 rings (SSSR count). The van der Waals surface area contributed by atoms with E-state index in [9.17, 15) is 26.8 Å². The molecule has 0 aliphatic carbocycles. The Bertz CT molecular complexity index is 1440. The molecule has 1 heterocycles. The number of benzene rings is 2. The van der Waals surface area contributed by atoms with Crippen LogP contribution in [0.15, 0.2) is 48.5 Å². The Morgan fingerprint density at radius 2 is 1.86 bits per heavy atom. The molecule has 0 aliphatic heterocycles. The highest BCUT2D eigenvalue weighted by atomic mass is 32.2. The summed E-state index contributed by atoms with van der Waals surface area (Å²) in [5.41, 5.74) is 2.18. The number of rotatable bonds is 10. The van der Waals surface area contributed by atoms with E-state index >= 15 is 0 Å². The molecule has 0 spiro atoms. The largest absolute Gasteiger partial charge is 0.496 e. The van der Waals surface area contributed by atoms with Crippen LogP contribution >= 0.6 is 0 Å². The fourth-order valence-electron chi connectivity index (χ4n) is 3.74. The normalized spacial score (nSPS) is 13.3. The van der Waals surface area contributed by atoms with E-state index in [1.54, 1.807) is 42.5 Å². The van der Waals surface area contributed by atoms with E-state index in [1.807, 2.05) is 6.92 Å². The number of ether oxygens (including phenoxy) is 2. The molecule has 0 saturated heterocycles. The van der Waals surface area contributed by atoms with Crippen LogP contribution in [0.4, 0.5) is 8.78 Å². The average molecular weight is 536 g/mol. The number of aryl methyl sites for hydroxylation is 1. The van der Waals surface area contributed by atoms with Gasteiger partial charge in [-0.2, -0.15) is 5.10 Å². The molecule has 0 saturated carbocycles. The first kappa shape index (κ1) is 27.9. The standard InChI is InChI=1S/C25H27F2N3O6S/c1-5-22(31)25(3,37(28,33)34)24(32)36-14-16-7-6-8-18(12-16)30-20(13-19(29-30)23(26)27)17-9-10-21(35-4)15(2)11-17/h6-13,23H,5,14H2,1-4H3,(H2,28,33,34). The molecule has 1 aromatic heterocycles. The second-order valence-corrected chi connectivity index (χ2v) is 10.4. The molecular formula is C25H27F2N3O6S. The fraction of sp³-hybridized carbons (Fsp3) is 0.320. The summed E-state index contributed by atoms with van der Waals surface area (Å²) in [6.45, 7) is 3.74. The van der Waals surface area contributed by atoms with E-state index < -0.39 is 45.2 Å². The quantitative estimate of drug-likeness (QED) is 0.308. The molecular weight excluding hydrogens is 508 g/mol. The molecule has 2 aromatic carbocycles. The Morgan fingerprint density at radius 1 is 1.16 bits per heavy atom. The van der Waals surface area contributed by atoms with Gasteiger partial charge < -0.3 is 9.47 Å². The highest BCUT2D eigenvalue weighted by Gasteiger charge is 2.51. The smallest absolute Gasteiger partial charge is 0.336 e. The van der Waals surface area contributed by atoms with Crippen LogP contribution in [0, 0.1) is 6.92 Å². The topological polar surface area (TPSA) is 131 Å². The van der Waals surface area contributed by atoms with Crippen LogP contribution < -0.4 is 9.88 Å². The van der Waals surface area contributed by atoms with Crippen LogP contribution in [0.1, 0.15) is 43.5 Å². The van der Waals surface area contributed by atoms with Crippen molar-refractivity contribution < 1.29 is 36.3 Å². The van der Waals surface area contributed by atoms with E-state index in [2.05, 4.69) is 5.10 Å². The number of primary sulfonamides is 1. The van der Waals surface area contributed by atoms with Crippen LogP contribution in [0.2, 0.25) is 0 Å². The number of esters is 1. The van der Waals surface area contributed by atoms with Crippen LogP contribution in [0.3, 0.4) is 0 Å². The van der Waals surface area contributed by atoms with E-state index in [0.717, 1.165) is 12.5 Å². The molecule has 2 N–H and O–H groups in total. The summed E-state index contributed by atoms with van der Waals surface area (Å²) >= 11 is 0. The predicted molar refractivity (Wildman–Crippen MR) is 132 cm³/mol. The minimum atomic E-state index is -4.60. The molecule has 1 unspecified atom stereocenters. The summed E-state index contributed by atoms with van der Waals surface area (Å²) in [6.07, 6.45) is -3.05. The van der Waals surface area contributed by atoms with Crippen molar-refractivity contribution in [1.29, 1.82) is 0 Å². The first-order chi connectivity index (χ1) is 17.3. The van der Waals surface area contributed by atoms with Crippen molar-refractivity contribution in [3.63, 3.8) is 0 Å². The maximum absolute atomic E-state index is 13.5. The Labute approximate surface area is 213 Å². The van der Waals surface area contributed by atoms with Crippen molar-refractivity contribution in [2.75, 3.05) is 7.11 Å². The van der Waals surface area contributed by atoms with Gasteiger partial charge in [0, 0.05) is 12.0 Å². The van der Waals surface area contributed by atoms with Gasteiger partial charge in [-0.25, -0.2) is 31.8 Å². The SMILES string of the molecule is CCC(=O)C(C)(C(=O)OCc1cccc(-n2nc(C(F)F)cc2-c2ccc(OC)c(C)c2)c1)S(N)(=O)=O. The number of methoxy groups -OCH3 is 1. The number of Topliss-reactive ketones (excluding diaryl/α,β-unsaturated/α-hetero) is 1. The fourth-order valence-corrected chi connectivity index (χ4v) is 4.49. The summed E-state index contributed by atoms with van der Waals surface area (Å²) < 4.78 is 60.3. The number of hydrogen-bond donors (Lipinski definition) is 1. The van der Waals surface area contributed by atoms with Crippen molar-refractivity contribution >= 4 is 21.8 Å². The molecule has 9 nitrogen and oxygen atoms in total. The van der Waals surface area contributed by atoms with Crippen molar-refractivity contribution in [2.24, 2.45) is 5.14 Å². The van der Waals surface area contributed by atoms with E-state index in [4.69, 9.17) is 14.6 Å². The van der Waals surface area contributed by atoms with Gasteiger partial charge in [0.15, 0.2) is 5.78 Å². The minimum absolute atomic E-state index is 0.239. The third kappa shape index (κ3) is 5.54. The molecule has 1 atom stereocenters. The van der Waals surface area contributed by atoms with Gasteiger partial charge in [0.25, 0.3) is 6.43 Å². The van der Waals surface area contributed by atoms with E-state index in [0.29, 0.717) is 28.3 Å². The van der Waals surface area contributed by atoms with Gasteiger partial charge in [-0.1, -0.05) is 19.1 Å². The van der Waals surface area contributed by atoms with Crippen LogP contribution in [-0.4, -0.2) is 41.8 Å².